The Morgan fingerprint density at radius 1 is 1.04 bits per heavy atom. The lowest BCUT2D eigenvalue weighted by Crippen LogP contribution is -2.41. The Labute approximate surface area is 146 Å². The highest BCUT2D eigenvalue weighted by Gasteiger charge is 2.49. The van der Waals surface area contributed by atoms with Gasteiger partial charge in [-0.05, 0) is 62.9 Å². The third-order valence-corrected chi connectivity index (χ3v) is 7.58. The van der Waals surface area contributed by atoms with Gasteiger partial charge in [0.1, 0.15) is 16.4 Å². The molecule has 1 N–H and O–H groups in total. The Morgan fingerprint density at radius 2 is 1.64 bits per heavy atom. The van der Waals surface area contributed by atoms with Gasteiger partial charge in [0, 0.05) is 5.56 Å². The summed E-state index contributed by atoms with van der Waals surface area (Å²) in [6.07, 6.45) is -0.0876. The molecule has 2 aromatic carbocycles. The Morgan fingerprint density at radius 3 is 2.24 bits per heavy atom. The summed E-state index contributed by atoms with van der Waals surface area (Å²) in [5, 5.41) is 9.82. The summed E-state index contributed by atoms with van der Waals surface area (Å²) >= 11 is 0. The molecule has 0 amide bonds. The highest BCUT2D eigenvalue weighted by molar-refractivity contribution is 7.92. The first-order valence-electron chi connectivity index (χ1n) is 8.21. The molecule has 3 rings (SSSR count). The zero-order valence-electron chi connectivity index (χ0n) is 13.9. The van der Waals surface area contributed by atoms with Crippen LogP contribution in [0.4, 0.5) is 8.78 Å². The van der Waals surface area contributed by atoms with Crippen LogP contribution in [0, 0.1) is 18.6 Å². The number of hydrogen-bond donors (Lipinski definition) is 1. The van der Waals surface area contributed by atoms with Crippen molar-refractivity contribution in [2.24, 2.45) is 0 Å². The minimum Gasteiger partial charge on any atom is -0.393 e. The second kappa shape index (κ2) is 6.50. The Bertz CT molecular complexity index is 868. The molecule has 0 heterocycles. The zero-order valence-corrected chi connectivity index (χ0v) is 14.7. The quantitative estimate of drug-likeness (QED) is 0.897. The van der Waals surface area contributed by atoms with Crippen LogP contribution in [0.2, 0.25) is 0 Å². The molecule has 1 aliphatic carbocycles. The average molecular weight is 366 g/mol. The van der Waals surface area contributed by atoms with E-state index in [1.165, 1.54) is 12.1 Å². The Kier molecular flexibility index (Phi) is 4.68. The fraction of sp³-hybridized carbons (Fsp3) is 0.368. The van der Waals surface area contributed by atoms with Crippen LogP contribution in [0.3, 0.4) is 0 Å². The predicted octanol–water partition coefficient (Wildman–Crippen LogP) is 3.88. The molecule has 0 radical (unpaired) electrons. The Hall–Kier alpha value is -1.79. The first-order chi connectivity index (χ1) is 11.8. The van der Waals surface area contributed by atoms with E-state index in [2.05, 4.69) is 0 Å². The van der Waals surface area contributed by atoms with Gasteiger partial charge in [-0.15, -0.1) is 0 Å². The van der Waals surface area contributed by atoms with Crippen molar-refractivity contribution in [1.29, 1.82) is 0 Å². The predicted molar refractivity (Wildman–Crippen MR) is 90.9 cm³/mol. The number of aryl methyl sites for hydroxylation is 1. The maximum Gasteiger partial charge on any atom is 0.188 e. The van der Waals surface area contributed by atoms with Gasteiger partial charge in [0.2, 0.25) is 0 Å². The fourth-order valence-corrected chi connectivity index (χ4v) is 5.71. The van der Waals surface area contributed by atoms with Crippen LogP contribution in [0.1, 0.15) is 36.8 Å². The smallest absolute Gasteiger partial charge is 0.188 e. The molecule has 0 spiro atoms. The fourth-order valence-electron chi connectivity index (χ4n) is 3.54. The van der Waals surface area contributed by atoms with Gasteiger partial charge in [0.05, 0.1) is 11.0 Å². The zero-order chi connectivity index (χ0) is 18.2. The molecular weight excluding hydrogens is 346 g/mol. The van der Waals surface area contributed by atoms with Crippen molar-refractivity contribution in [3.8, 4) is 0 Å². The van der Waals surface area contributed by atoms with Crippen LogP contribution in [0.25, 0.3) is 0 Å². The van der Waals surface area contributed by atoms with Gasteiger partial charge in [-0.1, -0.05) is 17.7 Å². The van der Waals surface area contributed by atoms with Crippen molar-refractivity contribution < 1.29 is 22.3 Å². The maximum absolute atomic E-state index is 14.5. The lowest BCUT2D eigenvalue weighted by Gasteiger charge is -2.39. The number of sulfone groups is 1. The normalized spacial score (nSPS) is 24.2. The van der Waals surface area contributed by atoms with E-state index in [9.17, 15) is 22.3 Å². The van der Waals surface area contributed by atoms with Crippen LogP contribution < -0.4 is 0 Å². The third kappa shape index (κ3) is 3.09. The topological polar surface area (TPSA) is 54.4 Å². The van der Waals surface area contributed by atoms with Gasteiger partial charge in [0.15, 0.2) is 9.84 Å². The molecule has 0 unspecified atom stereocenters. The van der Waals surface area contributed by atoms with E-state index < -0.39 is 32.3 Å². The molecule has 3 nitrogen and oxygen atoms in total. The number of aliphatic hydroxyl groups is 1. The maximum atomic E-state index is 14.5. The minimum absolute atomic E-state index is 0.0464. The SMILES string of the molecule is Cc1ccc(S(=O)(=O)[C@]2(c3cc(F)ccc3F)CC[C@H](O)CC2)cc1. The van der Waals surface area contributed by atoms with Gasteiger partial charge in [-0.2, -0.15) is 0 Å². The van der Waals surface area contributed by atoms with Crippen molar-refractivity contribution in [1.82, 2.24) is 0 Å². The monoisotopic (exact) mass is 366 g/mol. The minimum atomic E-state index is -3.97. The van der Waals surface area contributed by atoms with E-state index in [1.807, 2.05) is 6.92 Å². The van der Waals surface area contributed by atoms with E-state index in [1.54, 1.807) is 12.1 Å². The molecule has 25 heavy (non-hydrogen) atoms. The standard InChI is InChI=1S/C19H20F2O3S/c1-13-2-5-16(6-3-13)25(23,24)19(10-8-15(22)9-11-19)17-12-14(20)4-7-18(17)21/h2-7,12,15,22H,8-11H2,1H3/t15-,19+. The van der Waals surface area contributed by atoms with Crippen LogP contribution in [-0.2, 0) is 14.6 Å². The van der Waals surface area contributed by atoms with Crippen molar-refractivity contribution in [2.45, 2.75) is 48.4 Å². The van der Waals surface area contributed by atoms with Gasteiger partial charge >= 0.3 is 0 Å². The Balaban J connectivity index is 2.21. The second-order valence-electron chi connectivity index (χ2n) is 6.67. The molecule has 0 saturated heterocycles. The number of halogens is 2. The van der Waals surface area contributed by atoms with Crippen molar-refractivity contribution in [2.75, 3.05) is 0 Å². The first kappa shape index (κ1) is 18.0. The van der Waals surface area contributed by atoms with Gasteiger partial charge in [-0.3, -0.25) is 0 Å². The molecule has 134 valence electrons. The summed E-state index contributed by atoms with van der Waals surface area (Å²) in [6, 6.07) is 9.26. The average Bonchev–Trinajstić information content (AvgIpc) is 2.58. The molecule has 0 aromatic heterocycles. The number of rotatable bonds is 3. The van der Waals surface area contributed by atoms with Gasteiger partial charge < -0.3 is 5.11 Å². The molecule has 1 saturated carbocycles. The number of aliphatic hydroxyl groups excluding tert-OH is 1. The van der Waals surface area contributed by atoms with E-state index in [-0.39, 0.29) is 36.1 Å². The van der Waals surface area contributed by atoms with E-state index in [0.29, 0.717) is 0 Å². The van der Waals surface area contributed by atoms with Gasteiger partial charge in [0.25, 0.3) is 0 Å². The highest BCUT2D eigenvalue weighted by Crippen LogP contribution is 2.47. The summed E-state index contributed by atoms with van der Waals surface area (Å²) in [5.74, 6) is -1.42. The van der Waals surface area contributed by atoms with Crippen molar-refractivity contribution >= 4 is 9.84 Å². The molecule has 1 fully saturated rings. The first-order valence-corrected chi connectivity index (χ1v) is 9.69. The van der Waals surface area contributed by atoms with Crippen LogP contribution in [0.15, 0.2) is 47.4 Å². The molecule has 0 atom stereocenters. The van der Waals surface area contributed by atoms with E-state index >= 15 is 0 Å². The summed E-state index contributed by atoms with van der Waals surface area (Å²) in [7, 11) is -3.97. The lowest BCUT2D eigenvalue weighted by atomic mass is 9.81. The number of benzene rings is 2. The second-order valence-corrected chi connectivity index (χ2v) is 8.93. The molecule has 6 heteroatoms. The van der Waals surface area contributed by atoms with Crippen molar-refractivity contribution in [3.63, 3.8) is 0 Å². The molecule has 1 aliphatic rings. The third-order valence-electron chi connectivity index (χ3n) is 5.03. The van der Waals surface area contributed by atoms with Gasteiger partial charge in [-0.25, -0.2) is 17.2 Å². The summed E-state index contributed by atoms with van der Waals surface area (Å²) in [6.45, 7) is 1.84. The van der Waals surface area contributed by atoms with Crippen LogP contribution in [0.5, 0.6) is 0 Å². The van der Waals surface area contributed by atoms with Crippen LogP contribution >= 0.6 is 0 Å². The largest absolute Gasteiger partial charge is 0.393 e. The molecule has 0 aliphatic heterocycles. The lowest BCUT2D eigenvalue weighted by molar-refractivity contribution is 0.113. The molecule has 0 bridgehead atoms. The van der Waals surface area contributed by atoms with Crippen LogP contribution in [-0.4, -0.2) is 19.6 Å². The highest BCUT2D eigenvalue weighted by atomic mass is 32.2. The van der Waals surface area contributed by atoms with E-state index in [4.69, 9.17) is 0 Å². The van der Waals surface area contributed by atoms with E-state index in [0.717, 1.165) is 23.8 Å². The van der Waals surface area contributed by atoms with Crippen molar-refractivity contribution in [3.05, 3.63) is 65.2 Å². The summed E-state index contributed by atoms with van der Waals surface area (Å²) in [4.78, 5) is 0.0816. The number of hydrogen-bond acceptors (Lipinski definition) is 3. The summed E-state index contributed by atoms with van der Waals surface area (Å²) in [5.41, 5.74) is 0.754. The molecular formula is C19H20F2O3S. The summed E-state index contributed by atoms with van der Waals surface area (Å²) < 4.78 is 53.6. The molecule has 2 aromatic rings.